The van der Waals surface area contributed by atoms with Gasteiger partial charge in [-0.25, -0.2) is 0 Å². The molecule has 0 saturated heterocycles. The van der Waals surface area contributed by atoms with E-state index >= 15 is 0 Å². The van der Waals surface area contributed by atoms with Crippen LogP contribution in [0.1, 0.15) is 12.8 Å². The van der Waals surface area contributed by atoms with Gasteiger partial charge in [0.1, 0.15) is 0 Å². The molecule has 0 aromatic carbocycles. The van der Waals surface area contributed by atoms with E-state index in [1.165, 1.54) is 11.8 Å². The van der Waals surface area contributed by atoms with Gasteiger partial charge in [0.15, 0.2) is 0 Å². The number of hydrogen-bond acceptors (Lipinski definition) is 7. The number of carbonyl (C=O) groups excluding carboxylic acids is 1. The van der Waals surface area contributed by atoms with Crippen molar-refractivity contribution in [2.45, 2.75) is 23.9 Å². The smallest absolute Gasteiger partial charge is 0.277 e. The van der Waals surface area contributed by atoms with Crippen LogP contribution in [0.25, 0.3) is 0 Å². The number of nitrogens with two attached hydrogens (primary N) is 1. The molecule has 0 spiro atoms. The fraction of sp³-hybridized carbons (Fsp3) is 0.667. The molecule has 1 atom stereocenters. The third-order valence-corrected chi connectivity index (χ3v) is 2.81. The van der Waals surface area contributed by atoms with E-state index in [0.717, 1.165) is 0 Å². The molecule has 1 unspecified atom stereocenters. The minimum Gasteiger partial charge on any atom is -0.415 e. The molecule has 0 bridgehead atoms. The van der Waals surface area contributed by atoms with Crippen LogP contribution >= 0.6 is 11.8 Å². The second kappa shape index (κ2) is 7.25. The van der Waals surface area contributed by atoms with Crippen molar-refractivity contribution < 1.29 is 13.9 Å². The number of carbonyl (C=O) groups is 1. The number of hydrogen-bond donors (Lipinski definition) is 2. The van der Waals surface area contributed by atoms with Gasteiger partial charge in [0.25, 0.3) is 5.22 Å². The largest absolute Gasteiger partial charge is 0.415 e. The van der Waals surface area contributed by atoms with Gasteiger partial charge in [0.2, 0.25) is 11.8 Å². The van der Waals surface area contributed by atoms with Crippen LogP contribution in [0.2, 0.25) is 0 Å². The van der Waals surface area contributed by atoms with Crippen LogP contribution in [0.15, 0.2) is 9.64 Å². The first-order valence-corrected chi connectivity index (χ1v) is 6.01. The molecule has 7 nitrogen and oxygen atoms in total. The van der Waals surface area contributed by atoms with E-state index in [0.29, 0.717) is 24.3 Å². The van der Waals surface area contributed by atoms with Crippen LogP contribution < -0.4 is 11.1 Å². The summed E-state index contributed by atoms with van der Waals surface area (Å²) in [6.07, 6.45) is 0. The van der Waals surface area contributed by atoms with E-state index < -0.39 is 0 Å². The lowest BCUT2D eigenvalue weighted by Crippen LogP contribution is -2.33. The summed E-state index contributed by atoms with van der Waals surface area (Å²) >= 11 is 1.20. The Labute approximate surface area is 103 Å². The summed E-state index contributed by atoms with van der Waals surface area (Å²) in [6.45, 7) is 2.93. The van der Waals surface area contributed by atoms with Crippen LogP contribution in [0.5, 0.6) is 0 Å². The summed E-state index contributed by atoms with van der Waals surface area (Å²) in [5.74, 6) is 0.263. The third kappa shape index (κ3) is 4.72. The maximum Gasteiger partial charge on any atom is 0.277 e. The number of thioether (sulfide) groups is 1. The highest BCUT2D eigenvalue weighted by Gasteiger charge is 2.17. The predicted molar refractivity (Wildman–Crippen MR) is 62.4 cm³/mol. The van der Waals surface area contributed by atoms with Gasteiger partial charge < -0.3 is 20.2 Å². The fourth-order valence-corrected chi connectivity index (χ4v) is 1.72. The molecule has 0 aliphatic carbocycles. The molecule has 96 valence electrons. The molecule has 1 aromatic heterocycles. The fourth-order valence-electron chi connectivity index (χ4n) is 0.993. The molecule has 1 rings (SSSR count). The number of nitrogens with one attached hydrogen (secondary N) is 1. The van der Waals surface area contributed by atoms with Crippen molar-refractivity contribution in [3.8, 4) is 0 Å². The van der Waals surface area contributed by atoms with Crippen LogP contribution in [0.3, 0.4) is 0 Å². The first-order valence-electron chi connectivity index (χ1n) is 5.13. The molecule has 0 radical (unpaired) electrons. The molecule has 1 amide bonds. The second-order valence-corrected chi connectivity index (χ2v) is 4.50. The Hall–Kier alpha value is -1.12. The minimum absolute atomic E-state index is 0.0976. The van der Waals surface area contributed by atoms with Gasteiger partial charge in [-0.05, 0) is 6.92 Å². The van der Waals surface area contributed by atoms with Gasteiger partial charge in [0.05, 0.1) is 18.4 Å². The molecule has 8 heteroatoms. The molecule has 17 heavy (non-hydrogen) atoms. The van der Waals surface area contributed by atoms with Gasteiger partial charge in [-0.15, -0.1) is 10.2 Å². The van der Waals surface area contributed by atoms with Gasteiger partial charge in [-0.2, -0.15) is 0 Å². The number of ether oxygens (including phenoxy) is 1. The van der Waals surface area contributed by atoms with E-state index in [4.69, 9.17) is 14.9 Å². The SMILES string of the molecule is COCCNC(=O)C(C)Sc1nnc(CN)o1. The summed E-state index contributed by atoms with van der Waals surface area (Å²) in [4.78, 5) is 11.6. The van der Waals surface area contributed by atoms with Gasteiger partial charge in [-0.3, -0.25) is 4.79 Å². The standard InChI is InChI=1S/C9H16N4O3S/c1-6(8(14)11-3-4-15-2)17-9-13-12-7(5-10)16-9/h6H,3-5,10H2,1-2H3,(H,11,14). The zero-order valence-electron chi connectivity index (χ0n) is 9.80. The zero-order valence-corrected chi connectivity index (χ0v) is 10.6. The topological polar surface area (TPSA) is 103 Å². The molecular weight excluding hydrogens is 244 g/mol. The van der Waals surface area contributed by atoms with Crippen molar-refractivity contribution in [2.75, 3.05) is 20.3 Å². The second-order valence-electron chi connectivity index (χ2n) is 3.21. The Morgan fingerprint density at radius 3 is 3.00 bits per heavy atom. The first-order chi connectivity index (χ1) is 8.17. The number of rotatable bonds is 7. The van der Waals surface area contributed by atoms with E-state index in [-0.39, 0.29) is 17.7 Å². The predicted octanol–water partition coefficient (Wildman–Crippen LogP) is -0.228. The Balaban J connectivity index is 2.37. The summed E-state index contributed by atoms with van der Waals surface area (Å²) in [7, 11) is 1.58. The Morgan fingerprint density at radius 1 is 1.65 bits per heavy atom. The van der Waals surface area contributed by atoms with E-state index in [1.807, 2.05) is 0 Å². The van der Waals surface area contributed by atoms with E-state index in [9.17, 15) is 4.79 Å². The maximum absolute atomic E-state index is 11.6. The lowest BCUT2D eigenvalue weighted by Gasteiger charge is -2.08. The third-order valence-electron chi connectivity index (χ3n) is 1.88. The van der Waals surface area contributed by atoms with Crippen molar-refractivity contribution >= 4 is 17.7 Å². The van der Waals surface area contributed by atoms with Crippen molar-refractivity contribution in [3.05, 3.63) is 5.89 Å². The Morgan fingerprint density at radius 2 is 2.41 bits per heavy atom. The summed E-state index contributed by atoms with van der Waals surface area (Å²) in [5.41, 5.74) is 5.34. The van der Waals surface area contributed by atoms with Crippen molar-refractivity contribution in [3.63, 3.8) is 0 Å². The maximum atomic E-state index is 11.6. The molecule has 0 aliphatic heterocycles. The number of aromatic nitrogens is 2. The number of nitrogens with zero attached hydrogens (tertiary/aromatic N) is 2. The van der Waals surface area contributed by atoms with Crippen LogP contribution in [0.4, 0.5) is 0 Å². The normalized spacial score (nSPS) is 12.4. The van der Waals surface area contributed by atoms with Crippen molar-refractivity contribution in [2.24, 2.45) is 5.73 Å². The lowest BCUT2D eigenvalue weighted by molar-refractivity contribution is -0.120. The number of amides is 1. The molecule has 1 aromatic rings. The summed E-state index contributed by atoms with van der Waals surface area (Å²) < 4.78 is 10.0. The molecule has 3 N–H and O–H groups in total. The minimum atomic E-state index is -0.307. The van der Waals surface area contributed by atoms with Gasteiger partial charge in [-0.1, -0.05) is 11.8 Å². The van der Waals surface area contributed by atoms with E-state index in [1.54, 1.807) is 14.0 Å². The average molecular weight is 260 g/mol. The van der Waals surface area contributed by atoms with Crippen molar-refractivity contribution in [1.82, 2.24) is 15.5 Å². The molecule has 0 saturated carbocycles. The monoisotopic (exact) mass is 260 g/mol. The molecular formula is C9H16N4O3S. The van der Waals surface area contributed by atoms with Crippen LogP contribution in [0, 0.1) is 0 Å². The van der Waals surface area contributed by atoms with Crippen LogP contribution in [-0.2, 0) is 16.1 Å². The highest BCUT2D eigenvalue weighted by molar-refractivity contribution is 8.00. The van der Waals surface area contributed by atoms with Gasteiger partial charge in [0, 0.05) is 13.7 Å². The summed E-state index contributed by atoms with van der Waals surface area (Å²) in [6, 6.07) is 0. The van der Waals surface area contributed by atoms with Crippen LogP contribution in [-0.4, -0.2) is 41.6 Å². The molecule has 0 fully saturated rings. The molecule has 0 aliphatic rings. The molecule has 1 heterocycles. The quantitative estimate of drug-likeness (QED) is 0.515. The summed E-state index contributed by atoms with van der Waals surface area (Å²) in [5, 5.41) is 10.2. The Kier molecular flexibility index (Phi) is 5.95. The number of methoxy groups -OCH3 is 1. The van der Waals surface area contributed by atoms with Crippen molar-refractivity contribution in [1.29, 1.82) is 0 Å². The van der Waals surface area contributed by atoms with Gasteiger partial charge >= 0.3 is 0 Å². The highest BCUT2D eigenvalue weighted by Crippen LogP contribution is 2.21. The lowest BCUT2D eigenvalue weighted by atomic mass is 10.4. The van der Waals surface area contributed by atoms with E-state index in [2.05, 4.69) is 15.5 Å². The highest BCUT2D eigenvalue weighted by atomic mass is 32.2. The zero-order chi connectivity index (χ0) is 12.7. The average Bonchev–Trinajstić information content (AvgIpc) is 2.77. The first kappa shape index (κ1) is 13.9. The Bertz CT molecular complexity index is 358.